The second-order valence-electron chi connectivity index (χ2n) is 4.15. The van der Waals surface area contributed by atoms with E-state index in [1.165, 1.54) is 5.56 Å². The number of ketones is 1. The molecule has 0 aliphatic heterocycles. The van der Waals surface area contributed by atoms with Gasteiger partial charge in [0.2, 0.25) is 0 Å². The zero-order valence-corrected chi connectivity index (χ0v) is 7.45. The molecule has 0 amide bonds. The summed E-state index contributed by atoms with van der Waals surface area (Å²) in [4.78, 5) is 11.5. The van der Waals surface area contributed by atoms with Crippen LogP contribution in [0.5, 0.6) is 0 Å². The van der Waals surface area contributed by atoms with E-state index < -0.39 is 0 Å². The largest absolute Gasteiger partial charge is 0.469 e. The van der Waals surface area contributed by atoms with Crippen molar-refractivity contribution in [2.24, 2.45) is 11.8 Å². The lowest BCUT2D eigenvalue weighted by Gasteiger charge is -2.22. The lowest BCUT2D eigenvalue weighted by Crippen LogP contribution is -2.23. The maximum atomic E-state index is 11.5. The Morgan fingerprint density at radius 3 is 3.23 bits per heavy atom. The molecule has 2 nitrogen and oxygen atoms in total. The Bertz CT molecular complexity index is 351. The lowest BCUT2D eigenvalue weighted by atomic mass is 9.81. The molecule has 68 valence electrons. The highest BCUT2D eigenvalue weighted by Crippen LogP contribution is 2.39. The fourth-order valence-corrected chi connectivity index (χ4v) is 2.71. The van der Waals surface area contributed by atoms with E-state index in [4.69, 9.17) is 4.42 Å². The van der Waals surface area contributed by atoms with E-state index >= 15 is 0 Å². The van der Waals surface area contributed by atoms with Gasteiger partial charge in [-0.2, -0.15) is 0 Å². The first kappa shape index (κ1) is 7.36. The van der Waals surface area contributed by atoms with E-state index in [9.17, 15) is 4.79 Å². The maximum absolute atomic E-state index is 11.5. The van der Waals surface area contributed by atoms with Gasteiger partial charge in [-0.3, -0.25) is 4.79 Å². The van der Waals surface area contributed by atoms with Gasteiger partial charge in [0.1, 0.15) is 11.5 Å². The van der Waals surface area contributed by atoms with Gasteiger partial charge in [0.05, 0.1) is 6.26 Å². The first-order valence-corrected chi connectivity index (χ1v) is 4.92. The third-order valence-corrected chi connectivity index (χ3v) is 3.47. The van der Waals surface area contributed by atoms with Gasteiger partial charge < -0.3 is 4.42 Å². The normalized spacial score (nSPS) is 31.5. The van der Waals surface area contributed by atoms with E-state index in [2.05, 4.69) is 0 Å². The molecule has 2 heteroatoms. The van der Waals surface area contributed by atoms with Crippen LogP contribution in [0.15, 0.2) is 16.7 Å². The van der Waals surface area contributed by atoms with Crippen LogP contribution in [0.2, 0.25) is 0 Å². The summed E-state index contributed by atoms with van der Waals surface area (Å²) in [6.45, 7) is 0. The minimum Gasteiger partial charge on any atom is -0.469 e. The summed E-state index contributed by atoms with van der Waals surface area (Å²) in [6, 6.07) is 2.05. The second kappa shape index (κ2) is 2.47. The van der Waals surface area contributed by atoms with Crippen LogP contribution < -0.4 is 0 Å². The standard InChI is InChI=1S/C11H12O2/c12-10-2-1-7-5-8-3-4-13-11(8)6-9(7)10/h3-4,7,9H,1-2,5-6H2. The van der Waals surface area contributed by atoms with Crippen LogP contribution in [0.3, 0.4) is 0 Å². The predicted octanol–water partition coefficient (Wildman–Crippen LogP) is 1.97. The van der Waals surface area contributed by atoms with E-state index in [1.807, 2.05) is 6.07 Å². The van der Waals surface area contributed by atoms with Crippen LogP contribution >= 0.6 is 0 Å². The zero-order valence-electron chi connectivity index (χ0n) is 7.45. The maximum Gasteiger partial charge on any atom is 0.136 e. The molecule has 0 bridgehead atoms. The van der Waals surface area contributed by atoms with Gasteiger partial charge in [0.15, 0.2) is 0 Å². The number of hydrogen-bond acceptors (Lipinski definition) is 2. The van der Waals surface area contributed by atoms with Crippen molar-refractivity contribution in [2.75, 3.05) is 0 Å². The minimum absolute atomic E-state index is 0.277. The quantitative estimate of drug-likeness (QED) is 0.605. The van der Waals surface area contributed by atoms with Crippen molar-refractivity contribution in [2.45, 2.75) is 25.7 Å². The highest BCUT2D eigenvalue weighted by atomic mass is 16.3. The van der Waals surface area contributed by atoms with Crippen molar-refractivity contribution in [3.63, 3.8) is 0 Å². The second-order valence-corrected chi connectivity index (χ2v) is 4.15. The monoisotopic (exact) mass is 176 g/mol. The fourth-order valence-electron chi connectivity index (χ4n) is 2.71. The summed E-state index contributed by atoms with van der Waals surface area (Å²) in [7, 11) is 0. The first-order valence-electron chi connectivity index (χ1n) is 4.92. The molecule has 2 atom stereocenters. The number of hydrogen-bond donors (Lipinski definition) is 0. The van der Waals surface area contributed by atoms with Crippen molar-refractivity contribution in [1.29, 1.82) is 0 Å². The summed E-state index contributed by atoms with van der Waals surface area (Å²) in [5.41, 5.74) is 1.33. The summed E-state index contributed by atoms with van der Waals surface area (Å²) in [5, 5.41) is 0. The lowest BCUT2D eigenvalue weighted by molar-refractivity contribution is -0.121. The molecule has 1 saturated carbocycles. The number of furan rings is 1. The molecule has 13 heavy (non-hydrogen) atoms. The molecule has 3 rings (SSSR count). The number of fused-ring (bicyclic) bond motifs is 2. The molecular weight excluding hydrogens is 164 g/mol. The fraction of sp³-hybridized carbons (Fsp3) is 0.545. The molecule has 0 spiro atoms. The van der Waals surface area contributed by atoms with Crippen LogP contribution in [0.4, 0.5) is 0 Å². The minimum atomic E-state index is 0.277. The average molecular weight is 176 g/mol. The summed E-state index contributed by atoms with van der Waals surface area (Å²) < 4.78 is 5.36. The van der Waals surface area contributed by atoms with E-state index in [-0.39, 0.29) is 5.92 Å². The Hall–Kier alpha value is -1.05. The average Bonchev–Trinajstić information content (AvgIpc) is 2.70. The molecule has 2 aliphatic carbocycles. The van der Waals surface area contributed by atoms with Crippen LogP contribution in [0.25, 0.3) is 0 Å². The molecule has 1 aromatic heterocycles. The Morgan fingerprint density at radius 1 is 1.38 bits per heavy atom. The number of rotatable bonds is 0. The van der Waals surface area contributed by atoms with Crippen molar-refractivity contribution in [3.8, 4) is 0 Å². The van der Waals surface area contributed by atoms with Gasteiger partial charge in [-0.25, -0.2) is 0 Å². The Balaban J connectivity index is 1.98. The Kier molecular flexibility index (Phi) is 1.40. The highest BCUT2D eigenvalue weighted by molar-refractivity contribution is 5.84. The van der Waals surface area contributed by atoms with Crippen molar-refractivity contribution in [1.82, 2.24) is 0 Å². The molecule has 0 aromatic carbocycles. The van der Waals surface area contributed by atoms with Crippen LogP contribution in [-0.2, 0) is 17.6 Å². The molecule has 1 fully saturated rings. The Morgan fingerprint density at radius 2 is 2.31 bits per heavy atom. The van der Waals surface area contributed by atoms with Crippen molar-refractivity contribution < 1.29 is 9.21 Å². The topological polar surface area (TPSA) is 30.2 Å². The third kappa shape index (κ3) is 0.978. The van der Waals surface area contributed by atoms with E-state index in [0.717, 1.165) is 31.4 Å². The molecule has 0 saturated heterocycles. The Labute approximate surface area is 76.9 Å². The smallest absolute Gasteiger partial charge is 0.136 e. The van der Waals surface area contributed by atoms with Gasteiger partial charge in [-0.05, 0) is 30.4 Å². The van der Waals surface area contributed by atoms with Gasteiger partial charge >= 0.3 is 0 Å². The van der Waals surface area contributed by atoms with Crippen molar-refractivity contribution >= 4 is 5.78 Å². The van der Waals surface area contributed by atoms with Crippen LogP contribution in [0.1, 0.15) is 24.2 Å². The van der Waals surface area contributed by atoms with Gasteiger partial charge in [-0.1, -0.05) is 0 Å². The molecular formula is C11H12O2. The van der Waals surface area contributed by atoms with Gasteiger partial charge in [-0.15, -0.1) is 0 Å². The molecule has 0 N–H and O–H groups in total. The molecule has 1 heterocycles. The van der Waals surface area contributed by atoms with Gasteiger partial charge in [0.25, 0.3) is 0 Å². The molecule has 1 aromatic rings. The molecule has 0 radical (unpaired) electrons. The summed E-state index contributed by atoms with van der Waals surface area (Å²) >= 11 is 0. The number of carbonyl (C=O) groups is 1. The van der Waals surface area contributed by atoms with Crippen LogP contribution in [-0.4, -0.2) is 5.78 Å². The van der Waals surface area contributed by atoms with Gasteiger partial charge in [0, 0.05) is 18.8 Å². The molecule has 2 aliphatic rings. The first-order chi connectivity index (χ1) is 6.34. The predicted molar refractivity (Wildman–Crippen MR) is 47.3 cm³/mol. The van der Waals surface area contributed by atoms with Crippen molar-refractivity contribution in [3.05, 3.63) is 23.7 Å². The number of carbonyl (C=O) groups excluding carboxylic acids is 1. The van der Waals surface area contributed by atoms with Crippen LogP contribution in [0, 0.1) is 11.8 Å². The number of Topliss-reactive ketones (excluding diaryl/α,β-unsaturated/α-hetero) is 1. The van der Waals surface area contributed by atoms with E-state index in [0.29, 0.717) is 11.7 Å². The summed E-state index contributed by atoms with van der Waals surface area (Å²) in [5.74, 6) is 2.39. The highest BCUT2D eigenvalue weighted by Gasteiger charge is 2.39. The third-order valence-electron chi connectivity index (χ3n) is 3.47. The summed E-state index contributed by atoms with van der Waals surface area (Å²) in [6.07, 6.45) is 5.54. The van der Waals surface area contributed by atoms with E-state index in [1.54, 1.807) is 6.26 Å². The SMILES string of the molecule is O=C1CCC2Cc3ccoc3CC12. The molecule has 2 unspecified atom stereocenters. The zero-order chi connectivity index (χ0) is 8.84.